The summed E-state index contributed by atoms with van der Waals surface area (Å²) >= 11 is 0. The molecule has 3 aromatic rings. The van der Waals surface area contributed by atoms with Crippen LogP contribution in [0.3, 0.4) is 0 Å². The van der Waals surface area contributed by atoms with Gasteiger partial charge in [-0.1, -0.05) is 86.1 Å². The van der Waals surface area contributed by atoms with Crippen LogP contribution in [0.5, 0.6) is 5.75 Å². The lowest BCUT2D eigenvalue weighted by molar-refractivity contribution is -0.137. The molecule has 0 saturated heterocycles. The Labute approximate surface area is 212 Å². The lowest BCUT2D eigenvalue weighted by Gasteiger charge is -2.32. The van der Waals surface area contributed by atoms with Crippen molar-refractivity contribution in [1.82, 2.24) is 15.0 Å². The second-order valence-corrected chi connectivity index (χ2v) is 11.3. The topological polar surface area (TPSA) is 50.9 Å². The number of phenolic OH excluding ortho intramolecular Hbond substituents is 1. The van der Waals surface area contributed by atoms with E-state index in [9.17, 15) is 18.3 Å². The van der Waals surface area contributed by atoms with Crippen LogP contribution in [0.25, 0.3) is 16.7 Å². The van der Waals surface area contributed by atoms with Gasteiger partial charge in [0, 0.05) is 5.56 Å². The minimum Gasteiger partial charge on any atom is -0.505 e. The maximum absolute atomic E-state index is 13.2. The zero-order valence-corrected chi connectivity index (χ0v) is 22.5. The van der Waals surface area contributed by atoms with E-state index in [1.165, 1.54) is 10.9 Å². The fraction of sp³-hybridized carbons (Fsp3) is 0.586. The quantitative estimate of drug-likeness (QED) is 0.266. The van der Waals surface area contributed by atoms with E-state index in [2.05, 4.69) is 57.8 Å². The maximum Gasteiger partial charge on any atom is 0.416 e. The van der Waals surface area contributed by atoms with Crippen LogP contribution in [0.4, 0.5) is 13.2 Å². The zero-order chi connectivity index (χ0) is 26.7. The summed E-state index contributed by atoms with van der Waals surface area (Å²) in [4.78, 5) is 1.29. The molecule has 198 valence electrons. The molecule has 0 fully saturated rings. The van der Waals surface area contributed by atoms with E-state index < -0.39 is 11.7 Å². The predicted octanol–water partition coefficient (Wildman–Crippen LogP) is 8.86. The van der Waals surface area contributed by atoms with Crippen LogP contribution in [0.15, 0.2) is 30.3 Å². The standard InChI is InChI=1S/C29H40F3N3O/c1-7-9-11-15-27(3,4)21-17-22(28(5,6)16-12-10-8-2)26(36)25(19-21)35-33-23-14-13-20(29(30,31)32)18-24(23)34-35/h13-14,17-19,36H,7-12,15-16H2,1-6H3. The summed E-state index contributed by atoms with van der Waals surface area (Å²) in [7, 11) is 0. The molecule has 2 aromatic carbocycles. The van der Waals surface area contributed by atoms with Crippen LogP contribution in [0, 0.1) is 0 Å². The number of fused-ring (bicyclic) bond motifs is 1. The van der Waals surface area contributed by atoms with Crippen LogP contribution >= 0.6 is 0 Å². The van der Waals surface area contributed by atoms with Crippen molar-refractivity contribution in [3.05, 3.63) is 47.0 Å². The van der Waals surface area contributed by atoms with Crippen molar-refractivity contribution in [3.63, 3.8) is 0 Å². The molecule has 3 rings (SSSR count). The summed E-state index contributed by atoms with van der Waals surface area (Å²) in [5, 5.41) is 20.3. The largest absolute Gasteiger partial charge is 0.505 e. The minimum absolute atomic E-state index is 0.0842. The number of aromatic hydroxyl groups is 1. The molecule has 1 N–H and O–H groups in total. The third-order valence-electron chi connectivity index (χ3n) is 7.33. The van der Waals surface area contributed by atoms with Gasteiger partial charge < -0.3 is 5.11 Å². The van der Waals surface area contributed by atoms with E-state index in [0.29, 0.717) is 11.2 Å². The number of nitrogens with zero attached hydrogens (tertiary/aromatic N) is 3. The Kier molecular flexibility index (Phi) is 8.41. The highest BCUT2D eigenvalue weighted by atomic mass is 19.4. The first-order valence-corrected chi connectivity index (χ1v) is 13.1. The number of halogens is 3. The first kappa shape index (κ1) is 28.0. The third kappa shape index (κ3) is 6.22. The molecule has 0 aliphatic rings. The Morgan fingerprint density at radius 3 is 1.92 bits per heavy atom. The molecule has 0 unspecified atom stereocenters. The fourth-order valence-electron chi connectivity index (χ4n) is 4.79. The van der Waals surface area contributed by atoms with E-state index in [4.69, 9.17) is 0 Å². The van der Waals surface area contributed by atoms with Gasteiger partial charge in [-0.2, -0.15) is 13.2 Å². The van der Waals surface area contributed by atoms with Crippen molar-refractivity contribution in [3.8, 4) is 11.4 Å². The molecule has 1 heterocycles. The molecule has 0 spiro atoms. The number of unbranched alkanes of at least 4 members (excludes halogenated alkanes) is 4. The van der Waals surface area contributed by atoms with Gasteiger partial charge in [0.05, 0.1) is 5.56 Å². The Morgan fingerprint density at radius 2 is 1.33 bits per heavy atom. The Morgan fingerprint density at radius 1 is 0.750 bits per heavy atom. The van der Waals surface area contributed by atoms with Gasteiger partial charge in [0.1, 0.15) is 22.5 Å². The molecule has 7 heteroatoms. The van der Waals surface area contributed by atoms with E-state index in [0.717, 1.165) is 74.6 Å². The number of benzene rings is 2. The van der Waals surface area contributed by atoms with Gasteiger partial charge in [-0.25, -0.2) is 0 Å². The van der Waals surface area contributed by atoms with E-state index >= 15 is 0 Å². The summed E-state index contributed by atoms with van der Waals surface area (Å²) in [5.41, 5.74) is 1.57. The third-order valence-corrected chi connectivity index (χ3v) is 7.33. The molecule has 0 amide bonds. The number of alkyl halides is 3. The summed E-state index contributed by atoms with van der Waals surface area (Å²) < 4.78 is 39.7. The van der Waals surface area contributed by atoms with Crippen LogP contribution in [-0.2, 0) is 17.0 Å². The van der Waals surface area contributed by atoms with Crippen LogP contribution in [0.1, 0.15) is 110 Å². The molecule has 0 saturated carbocycles. The Hall–Kier alpha value is -2.57. The van der Waals surface area contributed by atoms with E-state index in [1.807, 2.05) is 6.07 Å². The van der Waals surface area contributed by atoms with Crippen molar-refractivity contribution < 1.29 is 18.3 Å². The van der Waals surface area contributed by atoms with Crippen molar-refractivity contribution in [2.75, 3.05) is 0 Å². The minimum atomic E-state index is -4.46. The smallest absolute Gasteiger partial charge is 0.416 e. The first-order valence-electron chi connectivity index (χ1n) is 13.1. The fourth-order valence-corrected chi connectivity index (χ4v) is 4.79. The van der Waals surface area contributed by atoms with Crippen LogP contribution in [-0.4, -0.2) is 20.1 Å². The molecule has 0 aliphatic heterocycles. The van der Waals surface area contributed by atoms with Gasteiger partial charge in [-0.15, -0.1) is 15.0 Å². The van der Waals surface area contributed by atoms with Crippen molar-refractivity contribution in [2.45, 2.75) is 110 Å². The highest BCUT2D eigenvalue weighted by molar-refractivity contribution is 5.75. The van der Waals surface area contributed by atoms with Gasteiger partial charge in [-0.3, -0.25) is 0 Å². The van der Waals surface area contributed by atoms with Crippen molar-refractivity contribution >= 4 is 11.0 Å². The molecule has 4 nitrogen and oxygen atoms in total. The summed E-state index contributed by atoms with van der Waals surface area (Å²) in [5.74, 6) is 0.0842. The first-order chi connectivity index (χ1) is 16.8. The highest BCUT2D eigenvalue weighted by Crippen LogP contribution is 2.43. The van der Waals surface area contributed by atoms with Gasteiger partial charge in [-0.05, 0) is 53.5 Å². The van der Waals surface area contributed by atoms with Gasteiger partial charge in [0.2, 0.25) is 0 Å². The predicted molar refractivity (Wildman–Crippen MR) is 140 cm³/mol. The number of rotatable bonds is 11. The van der Waals surface area contributed by atoms with E-state index in [1.54, 1.807) is 0 Å². The van der Waals surface area contributed by atoms with Gasteiger partial charge in [0.25, 0.3) is 0 Å². The number of phenols is 1. The van der Waals surface area contributed by atoms with Crippen LogP contribution < -0.4 is 0 Å². The normalized spacial score (nSPS) is 13.0. The molecule has 36 heavy (non-hydrogen) atoms. The second-order valence-electron chi connectivity index (χ2n) is 11.3. The zero-order valence-electron chi connectivity index (χ0n) is 22.5. The monoisotopic (exact) mass is 503 g/mol. The van der Waals surface area contributed by atoms with E-state index in [-0.39, 0.29) is 22.1 Å². The molecule has 0 bridgehead atoms. The number of hydrogen-bond donors (Lipinski definition) is 1. The lowest BCUT2D eigenvalue weighted by atomic mass is 9.74. The SMILES string of the molecule is CCCCCC(C)(C)c1cc(-n2nc3ccc(C(F)(F)F)cc3n2)c(O)c(C(C)(C)CCCCC)c1. The molecular formula is C29H40F3N3O. The molecule has 0 radical (unpaired) electrons. The molecule has 1 aromatic heterocycles. The molecule has 0 atom stereocenters. The summed E-state index contributed by atoms with van der Waals surface area (Å²) in [6.07, 6.45) is 4.10. The summed E-state index contributed by atoms with van der Waals surface area (Å²) in [6.45, 7) is 13.0. The van der Waals surface area contributed by atoms with Gasteiger partial charge >= 0.3 is 6.18 Å². The van der Waals surface area contributed by atoms with Crippen molar-refractivity contribution in [2.24, 2.45) is 0 Å². The number of hydrogen-bond acceptors (Lipinski definition) is 3. The molecule has 0 aliphatic carbocycles. The van der Waals surface area contributed by atoms with Crippen LogP contribution in [0.2, 0.25) is 0 Å². The maximum atomic E-state index is 13.2. The van der Waals surface area contributed by atoms with Gasteiger partial charge in [0.15, 0.2) is 0 Å². The second kappa shape index (κ2) is 10.8. The lowest BCUT2D eigenvalue weighted by Crippen LogP contribution is -2.23. The Bertz CT molecular complexity index is 1180. The number of aromatic nitrogens is 3. The Balaban J connectivity index is 2.16. The average molecular weight is 504 g/mol. The average Bonchev–Trinajstić information content (AvgIpc) is 3.21. The summed E-state index contributed by atoms with van der Waals surface area (Å²) in [6, 6.07) is 7.35. The molecular weight excluding hydrogens is 463 g/mol. The van der Waals surface area contributed by atoms with Crippen molar-refractivity contribution in [1.29, 1.82) is 0 Å². The highest BCUT2D eigenvalue weighted by Gasteiger charge is 2.32.